The molecule has 1 atom stereocenters. The lowest BCUT2D eigenvalue weighted by atomic mass is 10.1. The number of nitrogens with zero attached hydrogens (tertiary/aromatic N) is 2. The molecule has 0 bridgehead atoms. The van der Waals surface area contributed by atoms with E-state index in [4.69, 9.17) is 4.74 Å². The predicted molar refractivity (Wildman–Crippen MR) is 71.4 cm³/mol. The number of aromatic nitrogens is 2. The number of ether oxygens (including phenoxy) is 1. The van der Waals surface area contributed by atoms with E-state index in [2.05, 4.69) is 34.9 Å². The summed E-state index contributed by atoms with van der Waals surface area (Å²) in [5.74, 6) is 1.67. The number of methoxy groups -OCH3 is 1. The number of hydrogen-bond donors (Lipinski definition) is 1. The van der Waals surface area contributed by atoms with Crippen molar-refractivity contribution in [3.05, 3.63) is 11.9 Å². The van der Waals surface area contributed by atoms with Gasteiger partial charge in [0.2, 0.25) is 5.95 Å². The van der Waals surface area contributed by atoms with Crippen LogP contribution < -0.4 is 5.32 Å². The summed E-state index contributed by atoms with van der Waals surface area (Å²) in [6, 6.07) is 0. The van der Waals surface area contributed by atoms with E-state index in [9.17, 15) is 0 Å². The van der Waals surface area contributed by atoms with E-state index < -0.39 is 0 Å². The fraction of sp³-hybridized carbons (Fsp3) is 0.769. The molecule has 98 valence electrons. The molecule has 0 aliphatic rings. The van der Waals surface area contributed by atoms with Gasteiger partial charge in [0.25, 0.3) is 0 Å². The number of hydrogen-bond acceptors (Lipinski definition) is 3. The van der Waals surface area contributed by atoms with Crippen molar-refractivity contribution < 1.29 is 4.74 Å². The van der Waals surface area contributed by atoms with E-state index in [1.807, 2.05) is 6.92 Å². The van der Waals surface area contributed by atoms with Crippen LogP contribution >= 0.6 is 0 Å². The van der Waals surface area contributed by atoms with Crippen molar-refractivity contribution in [1.82, 2.24) is 9.55 Å². The number of aryl methyl sites for hydroxylation is 2. The standard InChI is InChI=1S/C13H25N3O/c1-5-11(2)9-14-13-15-12(3)10-16(13)7-6-8-17-4/h10-11H,5-9H2,1-4H3,(H,14,15). The fourth-order valence-electron chi connectivity index (χ4n) is 1.65. The van der Waals surface area contributed by atoms with Crippen molar-refractivity contribution in [3.63, 3.8) is 0 Å². The van der Waals surface area contributed by atoms with E-state index >= 15 is 0 Å². The summed E-state index contributed by atoms with van der Waals surface area (Å²) >= 11 is 0. The number of anilines is 1. The molecule has 0 spiro atoms. The highest BCUT2D eigenvalue weighted by Gasteiger charge is 2.06. The van der Waals surface area contributed by atoms with Crippen LogP contribution in [0.15, 0.2) is 6.20 Å². The summed E-state index contributed by atoms with van der Waals surface area (Å²) in [5, 5.41) is 3.42. The van der Waals surface area contributed by atoms with Gasteiger partial charge in [0.05, 0.1) is 5.69 Å². The molecule has 4 nitrogen and oxygen atoms in total. The summed E-state index contributed by atoms with van der Waals surface area (Å²) < 4.78 is 7.25. The molecule has 0 fully saturated rings. The van der Waals surface area contributed by atoms with Crippen molar-refractivity contribution in [2.75, 3.05) is 25.6 Å². The van der Waals surface area contributed by atoms with E-state index in [-0.39, 0.29) is 0 Å². The molecular formula is C13H25N3O. The van der Waals surface area contributed by atoms with Crippen molar-refractivity contribution in [3.8, 4) is 0 Å². The average Bonchev–Trinajstić information content (AvgIpc) is 2.67. The SMILES string of the molecule is CCC(C)CNc1nc(C)cn1CCCOC. The third-order valence-corrected chi connectivity index (χ3v) is 2.95. The zero-order chi connectivity index (χ0) is 12.7. The molecule has 17 heavy (non-hydrogen) atoms. The van der Waals surface area contributed by atoms with Gasteiger partial charge in [-0.05, 0) is 19.3 Å². The maximum atomic E-state index is 5.07. The quantitative estimate of drug-likeness (QED) is 0.709. The van der Waals surface area contributed by atoms with Crippen molar-refractivity contribution in [2.24, 2.45) is 5.92 Å². The van der Waals surface area contributed by atoms with Crippen molar-refractivity contribution in [2.45, 2.75) is 40.2 Å². The van der Waals surface area contributed by atoms with Crippen LogP contribution in [0.1, 0.15) is 32.4 Å². The van der Waals surface area contributed by atoms with Crippen LogP contribution in [0.2, 0.25) is 0 Å². The van der Waals surface area contributed by atoms with Gasteiger partial charge >= 0.3 is 0 Å². The van der Waals surface area contributed by atoms with Gasteiger partial charge in [0.15, 0.2) is 0 Å². The summed E-state index contributed by atoms with van der Waals surface area (Å²) in [5.41, 5.74) is 1.06. The summed E-state index contributed by atoms with van der Waals surface area (Å²) in [4.78, 5) is 4.51. The second kappa shape index (κ2) is 7.33. The highest BCUT2D eigenvalue weighted by molar-refractivity contribution is 5.28. The van der Waals surface area contributed by atoms with Crippen LogP contribution in [-0.2, 0) is 11.3 Å². The van der Waals surface area contributed by atoms with Gasteiger partial charge in [0, 0.05) is 33.0 Å². The lowest BCUT2D eigenvalue weighted by molar-refractivity contribution is 0.190. The maximum Gasteiger partial charge on any atom is 0.203 e. The van der Waals surface area contributed by atoms with Crippen LogP contribution in [0.4, 0.5) is 5.95 Å². The molecule has 0 saturated heterocycles. The van der Waals surface area contributed by atoms with Gasteiger partial charge in [-0.25, -0.2) is 4.98 Å². The highest BCUT2D eigenvalue weighted by Crippen LogP contribution is 2.11. The molecule has 0 aromatic carbocycles. The average molecular weight is 239 g/mol. The molecule has 0 amide bonds. The van der Waals surface area contributed by atoms with Gasteiger partial charge in [0.1, 0.15) is 0 Å². The van der Waals surface area contributed by atoms with E-state index in [1.165, 1.54) is 6.42 Å². The molecule has 1 aromatic heterocycles. The lowest BCUT2D eigenvalue weighted by Gasteiger charge is -2.12. The second-order valence-corrected chi connectivity index (χ2v) is 4.64. The number of nitrogens with one attached hydrogen (secondary N) is 1. The van der Waals surface area contributed by atoms with Gasteiger partial charge in [-0.3, -0.25) is 0 Å². The fourth-order valence-corrected chi connectivity index (χ4v) is 1.65. The Kier molecular flexibility index (Phi) is 6.05. The first-order valence-electron chi connectivity index (χ1n) is 6.44. The minimum absolute atomic E-state index is 0.680. The van der Waals surface area contributed by atoms with Crippen LogP contribution in [0.3, 0.4) is 0 Å². The third kappa shape index (κ3) is 4.77. The Labute approximate surface area is 104 Å². The van der Waals surface area contributed by atoms with E-state index in [1.54, 1.807) is 7.11 Å². The molecule has 1 unspecified atom stereocenters. The zero-order valence-electron chi connectivity index (χ0n) is 11.5. The second-order valence-electron chi connectivity index (χ2n) is 4.64. The first-order chi connectivity index (χ1) is 8.17. The Hall–Kier alpha value is -1.03. The smallest absolute Gasteiger partial charge is 0.203 e. The van der Waals surface area contributed by atoms with Crippen molar-refractivity contribution in [1.29, 1.82) is 0 Å². The molecule has 1 aromatic rings. The summed E-state index contributed by atoms with van der Waals surface area (Å²) in [7, 11) is 1.74. The molecule has 1 heterocycles. The third-order valence-electron chi connectivity index (χ3n) is 2.95. The van der Waals surface area contributed by atoms with Crippen molar-refractivity contribution >= 4 is 5.95 Å². The number of rotatable bonds is 8. The molecule has 4 heteroatoms. The Morgan fingerprint density at radius 1 is 1.53 bits per heavy atom. The predicted octanol–water partition coefficient (Wildman–Crippen LogP) is 2.69. The highest BCUT2D eigenvalue weighted by atomic mass is 16.5. The molecule has 0 radical (unpaired) electrons. The molecule has 1 N–H and O–H groups in total. The minimum Gasteiger partial charge on any atom is -0.385 e. The van der Waals surface area contributed by atoms with Crippen LogP contribution in [0.5, 0.6) is 0 Å². The number of imidazole rings is 1. The van der Waals surface area contributed by atoms with Crippen LogP contribution in [0.25, 0.3) is 0 Å². The monoisotopic (exact) mass is 239 g/mol. The van der Waals surface area contributed by atoms with E-state index in [0.29, 0.717) is 5.92 Å². The Morgan fingerprint density at radius 3 is 2.94 bits per heavy atom. The largest absolute Gasteiger partial charge is 0.385 e. The van der Waals surface area contributed by atoms with Gasteiger partial charge in [-0.2, -0.15) is 0 Å². The van der Waals surface area contributed by atoms with Crippen LogP contribution in [0, 0.1) is 12.8 Å². The molecule has 0 aliphatic heterocycles. The van der Waals surface area contributed by atoms with Crippen LogP contribution in [-0.4, -0.2) is 29.8 Å². The molecule has 0 saturated carbocycles. The molecular weight excluding hydrogens is 214 g/mol. The summed E-state index contributed by atoms with van der Waals surface area (Å²) in [6.07, 6.45) is 4.30. The maximum absolute atomic E-state index is 5.07. The zero-order valence-corrected chi connectivity index (χ0v) is 11.5. The molecule has 1 rings (SSSR count). The normalized spacial score (nSPS) is 12.7. The lowest BCUT2D eigenvalue weighted by Crippen LogP contribution is -2.14. The van der Waals surface area contributed by atoms with E-state index in [0.717, 1.165) is 37.8 Å². The minimum atomic E-state index is 0.680. The summed E-state index contributed by atoms with van der Waals surface area (Å²) in [6.45, 7) is 9.22. The first kappa shape index (κ1) is 14.0. The molecule has 0 aliphatic carbocycles. The van der Waals surface area contributed by atoms with Gasteiger partial charge in [-0.1, -0.05) is 20.3 Å². The first-order valence-corrected chi connectivity index (χ1v) is 6.44. The Balaban J connectivity index is 2.51. The Morgan fingerprint density at radius 2 is 2.29 bits per heavy atom. The van der Waals surface area contributed by atoms with Gasteiger partial charge in [-0.15, -0.1) is 0 Å². The topological polar surface area (TPSA) is 39.1 Å². The van der Waals surface area contributed by atoms with Gasteiger partial charge < -0.3 is 14.6 Å². The Bertz CT molecular complexity index is 322.